The van der Waals surface area contributed by atoms with Crippen molar-refractivity contribution in [2.75, 3.05) is 14.2 Å². The Morgan fingerprint density at radius 3 is 2.28 bits per heavy atom. The van der Waals surface area contributed by atoms with Gasteiger partial charge in [0.05, 0.1) is 19.1 Å². The Hall–Kier alpha value is -2.55. The van der Waals surface area contributed by atoms with Gasteiger partial charge < -0.3 is 14.6 Å². The van der Waals surface area contributed by atoms with Crippen molar-refractivity contribution in [3.63, 3.8) is 0 Å². The third-order valence-electron chi connectivity index (χ3n) is 3.90. The van der Waals surface area contributed by atoms with E-state index in [-0.39, 0.29) is 23.4 Å². The first-order chi connectivity index (χ1) is 11.8. The number of rotatable bonds is 4. The molecule has 0 bridgehead atoms. The molecule has 1 aromatic carbocycles. The van der Waals surface area contributed by atoms with Crippen LogP contribution in [0.2, 0.25) is 0 Å². The summed E-state index contributed by atoms with van der Waals surface area (Å²) in [7, 11) is 2.85. The number of ether oxygens (including phenoxy) is 2. The lowest BCUT2D eigenvalue weighted by atomic mass is 9.98. The van der Waals surface area contributed by atoms with Crippen molar-refractivity contribution in [1.29, 1.82) is 0 Å². The minimum atomic E-state index is -1.31. The smallest absolute Gasteiger partial charge is 0.305 e. The van der Waals surface area contributed by atoms with Gasteiger partial charge in [-0.1, -0.05) is 19.9 Å². The average Bonchev–Trinajstić information content (AvgIpc) is 2.59. The fourth-order valence-electron chi connectivity index (χ4n) is 2.56. The van der Waals surface area contributed by atoms with Gasteiger partial charge in [-0.3, -0.25) is 10.1 Å². The molecule has 136 valence electrons. The number of methoxy groups -OCH3 is 2. The second-order valence-corrected chi connectivity index (χ2v) is 5.89. The lowest BCUT2D eigenvalue weighted by Crippen LogP contribution is -2.40. The van der Waals surface area contributed by atoms with Gasteiger partial charge in [-0.2, -0.15) is 4.39 Å². The van der Waals surface area contributed by atoms with Crippen molar-refractivity contribution < 1.29 is 23.9 Å². The van der Waals surface area contributed by atoms with Crippen molar-refractivity contribution in [2.45, 2.75) is 32.0 Å². The van der Waals surface area contributed by atoms with E-state index in [0.29, 0.717) is 5.90 Å². The van der Waals surface area contributed by atoms with E-state index >= 15 is 0 Å². The molecule has 1 N–H and O–H groups in total. The van der Waals surface area contributed by atoms with Crippen LogP contribution in [0.4, 0.5) is 10.1 Å². The van der Waals surface area contributed by atoms with Gasteiger partial charge in [-0.25, -0.2) is 9.98 Å². The van der Waals surface area contributed by atoms with Crippen LogP contribution in [0.15, 0.2) is 28.2 Å². The quantitative estimate of drug-likeness (QED) is 0.660. The molecule has 1 aromatic rings. The van der Waals surface area contributed by atoms with Gasteiger partial charge in [-0.05, 0) is 17.5 Å². The number of nitro groups is 1. The predicted octanol–water partition coefficient (Wildman–Crippen LogP) is 2.26. The van der Waals surface area contributed by atoms with Crippen LogP contribution in [0, 0.1) is 21.8 Å². The summed E-state index contributed by atoms with van der Waals surface area (Å²) in [5.74, 6) is -0.379. The molecule has 0 radical (unpaired) electrons. The number of aliphatic imine (C=N–C) groups is 2. The van der Waals surface area contributed by atoms with Gasteiger partial charge in [0.1, 0.15) is 12.1 Å². The van der Waals surface area contributed by atoms with Crippen molar-refractivity contribution in [3.8, 4) is 0 Å². The lowest BCUT2D eigenvalue weighted by molar-refractivity contribution is -0.387. The van der Waals surface area contributed by atoms with E-state index in [1.54, 1.807) is 0 Å². The zero-order valence-electron chi connectivity index (χ0n) is 14.3. The van der Waals surface area contributed by atoms with Crippen LogP contribution in [0.25, 0.3) is 0 Å². The van der Waals surface area contributed by atoms with Crippen LogP contribution >= 0.6 is 0 Å². The molecule has 1 aliphatic rings. The molecular weight excluding hydrogens is 333 g/mol. The highest BCUT2D eigenvalue weighted by Gasteiger charge is 2.36. The molecule has 2 rings (SSSR count). The first-order valence-electron chi connectivity index (χ1n) is 7.65. The molecule has 1 unspecified atom stereocenters. The molecule has 0 saturated carbocycles. The van der Waals surface area contributed by atoms with E-state index in [2.05, 4.69) is 9.98 Å². The highest BCUT2D eigenvalue weighted by Crippen LogP contribution is 2.29. The number of hydrogen-bond donors (Lipinski definition) is 1. The fraction of sp³-hybridized carbons (Fsp3) is 0.500. The first-order valence-corrected chi connectivity index (χ1v) is 7.65. The van der Waals surface area contributed by atoms with Crippen molar-refractivity contribution in [2.24, 2.45) is 15.9 Å². The molecule has 0 spiro atoms. The normalized spacial score (nSPS) is 21.4. The number of hydrogen-bond acceptors (Lipinski definition) is 7. The summed E-state index contributed by atoms with van der Waals surface area (Å²) in [4.78, 5) is 18.8. The van der Waals surface area contributed by atoms with Crippen LogP contribution in [-0.4, -0.2) is 48.1 Å². The zero-order chi connectivity index (χ0) is 18.7. The summed E-state index contributed by atoms with van der Waals surface area (Å²) >= 11 is 0. The van der Waals surface area contributed by atoms with Gasteiger partial charge in [0.2, 0.25) is 17.6 Å². The second-order valence-electron chi connectivity index (χ2n) is 5.89. The molecule has 1 aliphatic heterocycles. The Labute approximate surface area is 144 Å². The SMILES string of the molecule is COC1=N[C@H](C(C)C)C(OC)=NC1[C@H](O)c1ccc(F)c([N+](=O)[O-])c1. The van der Waals surface area contributed by atoms with E-state index < -0.39 is 28.6 Å². The van der Waals surface area contributed by atoms with E-state index in [1.807, 2.05) is 13.8 Å². The van der Waals surface area contributed by atoms with Gasteiger partial charge in [-0.15, -0.1) is 0 Å². The van der Waals surface area contributed by atoms with Gasteiger partial charge >= 0.3 is 5.69 Å². The standard InChI is InChI=1S/C16H20FN3O5/c1-8(2)12-15(24-3)19-13(16(18-12)25-4)14(21)9-5-6-10(17)11(7-9)20(22)23/h5-8,12-14,21H,1-4H3/t12-,13?,14-/m1/s1. The molecule has 0 amide bonds. The largest absolute Gasteiger partial charge is 0.483 e. The van der Waals surface area contributed by atoms with Crippen LogP contribution in [-0.2, 0) is 9.47 Å². The average molecular weight is 353 g/mol. The Balaban J connectivity index is 2.42. The van der Waals surface area contributed by atoms with Gasteiger partial charge in [0.15, 0.2) is 6.04 Å². The fourth-order valence-corrected chi connectivity index (χ4v) is 2.56. The van der Waals surface area contributed by atoms with E-state index in [9.17, 15) is 19.6 Å². The van der Waals surface area contributed by atoms with Crippen molar-refractivity contribution >= 4 is 17.5 Å². The molecule has 3 atom stereocenters. The monoisotopic (exact) mass is 353 g/mol. The number of halogens is 1. The number of nitro benzene ring substituents is 1. The Kier molecular flexibility index (Phi) is 5.68. The Morgan fingerprint density at radius 1 is 1.20 bits per heavy atom. The topological polar surface area (TPSA) is 107 Å². The van der Waals surface area contributed by atoms with E-state index in [4.69, 9.17) is 9.47 Å². The van der Waals surface area contributed by atoms with Crippen LogP contribution in [0.1, 0.15) is 25.5 Å². The third-order valence-corrected chi connectivity index (χ3v) is 3.90. The maximum atomic E-state index is 13.5. The Bertz CT molecular complexity index is 720. The molecule has 0 fully saturated rings. The van der Waals surface area contributed by atoms with E-state index in [0.717, 1.165) is 12.1 Å². The summed E-state index contributed by atoms with van der Waals surface area (Å²) < 4.78 is 24.0. The van der Waals surface area contributed by atoms with Crippen molar-refractivity contribution in [3.05, 3.63) is 39.7 Å². The van der Waals surface area contributed by atoms with Crippen LogP contribution in [0.5, 0.6) is 0 Å². The predicted molar refractivity (Wildman–Crippen MR) is 89.3 cm³/mol. The van der Waals surface area contributed by atoms with Crippen LogP contribution < -0.4 is 0 Å². The highest BCUT2D eigenvalue weighted by atomic mass is 19.1. The maximum Gasteiger partial charge on any atom is 0.305 e. The number of benzene rings is 1. The van der Waals surface area contributed by atoms with Crippen LogP contribution in [0.3, 0.4) is 0 Å². The molecular formula is C16H20FN3O5. The molecule has 0 aromatic heterocycles. The molecule has 0 saturated heterocycles. The first kappa shape index (κ1) is 18.8. The summed E-state index contributed by atoms with van der Waals surface area (Å²) in [5.41, 5.74) is -0.593. The summed E-state index contributed by atoms with van der Waals surface area (Å²) in [5, 5.41) is 21.5. The minimum Gasteiger partial charge on any atom is -0.483 e. The van der Waals surface area contributed by atoms with Gasteiger partial charge in [0.25, 0.3) is 0 Å². The minimum absolute atomic E-state index is 0.0915. The molecule has 0 aliphatic carbocycles. The highest BCUT2D eigenvalue weighted by molar-refractivity contribution is 5.94. The third kappa shape index (κ3) is 3.76. The van der Waals surface area contributed by atoms with E-state index in [1.165, 1.54) is 20.3 Å². The molecule has 8 nitrogen and oxygen atoms in total. The van der Waals surface area contributed by atoms with Crippen molar-refractivity contribution in [1.82, 2.24) is 0 Å². The Morgan fingerprint density at radius 2 is 1.76 bits per heavy atom. The molecule has 9 heteroatoms. The number of aliphatic hydroxyl groups is 1. The zero-order valence-corrected chi connectivity index (χ0v) is 14.3. The summed E-state index contributed by atoms with van der Waals surface area (Å²) in [6.07, 6.45) is -1.31. The lowest BCUT2D eigenvalue weighted by Gasteiger charge is -2.29. The summed E-state index contributed by atoms with van der Waals surface area (Å²) in [6, 6.07) is 1.87. The number of nitrogens with zero attached hydrogens (tertiary/aromatic N) is 3. The maximum absolute atomic E-state index is 13.5. The number of aliphatic hydroxyl groups excluding tert-OH is 1. The van der Waals surface area contributed by atoms with Gasteiger partial charge in [0, 0.05) is 6.07 Å². The molecule has 25 heavy (non-hydrogen) atoms. The molecule has 1 heterocycles. The second kappa shape index (κ2) is 7.56. The summed E-state index contributed by atoms with van der Waals surface area (Å²) in [6.45, 7) is 3.88.